The summed E-state index contributed by atoms with van der Waals surface area (Å²) in [6, 6.07) is -0.140. The van der Waals surface area contributed by atoms with Gasteiger partial charge in [0.1, 0.15) is 0 Å². The molecule has 1 amide bonds. The Bertz CT molecular complexity index is 395. The molecule has 0 spiro atoms. The maximum Gasteiger partial charge on any atom is 0.223 e. The zero-order valence-corrected chi connectivity index (χ0v) is 12.9. The Kier molecular flexibility index (Phi) is 6.22. The van der Waals surface area contributed by atoms with Crippen molar-refractivity contribution in [1.29, 1.82) is 0 Å². The van der Waals surface area contributed by atoms with Crippen LogP contribution in [0.15, 0.2) is 0 Å². The Balaban J connectivity index is 2.22. The number of hydrogen-bond donors (Lipinski definition) is 1. The molecule has 1 fully saturated rings. The van der Waals surface area contributed by atoms with Crippen LogP contribution in [0.4, 0.5) is 0 Å². The lowest BCUT2D eigenvalue weighted by atomic mass is 10.2. The number of rotatable bonds is 7. The van der Waals surface area contributed by atoms with Crippen molar-refractivity contribution in [1.82, 2.24) is 15.1 Å². The molecule has 1 atom stereocenters. The molecule has 0 aromatic heterocycles. The van der Waals surface area contributed by atoms with Gasteiger partial charge in [0.2, 0.25) is 5.91 Å². The average molecular weight is 291 g/mol. The van der Waals surface area contributed by atoms with Gasteiger partial charge in [0.25, 0.3) is 0 Å². The summed E-state index contributed by atoms with van der Waals surface area (Å²) in [7, 11) is 2.78. The highest BCUT2D eigenvalue weighted by Gasteiger charge is 2.32. The Hall–Kier alpha value is -0.660. The van der Waals surface area contributed by atoms with Crippen molar-refractivity contribution in [2.45, 2.75) is 18.9 Å². The van der Waals surface area contributed by atoms with Crippen molar-refractivity contribution in [3.8, 4) is 0 Å². The fourth-order valence-electron chi connectivity index (χ4n) is 2.08. The summed E-state index contributed by atoms with van der Waals surface area (Å²) in [4.78, 5) is 15.6. The summed E-state index contributed by atoms with van der Waals surface area (Å²) in [5, 5.41) is 3.20. The van der Waals surface area contributed by atoms with Crippen LogP contribution in [0.25, 0.3) is 0 Å². The van der Waals surface area contributed by atoms with Crippen molar-refractivity contribution < 1.29 is 13.2 Å². The van der Waals surface area contributed by atoms with Crippen molar-refractivity contribution in [2.24, 2.45) is 0 Å². The molecule has 1 unspecified atom stereocenters. The minimum Gasteiger partial charge on any atom is -0.342 e. The average Bonchev–Trinajstić information content (AvgIpc) is 2.67. The van der Waals surface area contributed by atoms with Crippen LogP contribution in [0.3, 0.4) is 0 Å². The van der Waals surface area contributed by atoms with Gasteiger partial charge in [-0.25, -0.2) is 8.42 Å². The van der Waals surface area contributed by atoms with Crippen molar-refractivity contribution >= 4 is 15.7 Å². The van der Waals surface area contributed by atoms with Gasteiger partial charge in [-0.3, -0.25) is 4.79 Å². The fourth-order valence-corrected chi connectivity index (χ4v) is 3.86. The number of likely N-dealkylation sites (N-methyl/N-ethyl adjacent to an activating group) is 1. The minimum absolute atomic E-state index is 0.0134. The predicted molar refractivity (Wildman–Crippen MR) is 75.9 cm³/mol. The van der Waals surface area contributed by atoms with Crippen LogP contribution >= 0.6 is 0 Å². The molecule has 19 heavy (non-hydrogen) atoms. The quantitative estimate of drug-likeness (QED) is 0.620. The van der Waals surface area contributed by atoms with Crippen LogP contribution < -0.4 is 5.32 Å². The topological polar surface area (TPSA) is 69.7 Å². The van der Waals surface area contributed by atoms with E-state index in [1.165, 1.54) is 0 Å². The highest BCUT2D eigenvalue weighted by Crippen LogP contribution is 2.16. The van der Waals surface area contributed by atoms with Crippen LogP contribution in [0.1, 0.15) is 12.8 Å². The van der Waals surface area contributed by atoms with E-state index in [1.807, 2.05) is 14.1 Å². The molecule has 0 saturated carbocycles. The van der Waals surface area contributed by atoms with Crippen LogP contribution in [0.5, 0.6) is 0 Å². The number of carbonyl (C=O) groups is 1. The molecule has 1 heterocycles. The van der Waals surface area contributed by atoms with Gasteiger partial charge in [-0.15, -0.1) is 0 Å². The zero-order chi connectivity index (χ0) is 14.5. The summed E-state index contributed by atoms with van der Waals surface area (Å²) in [6.07, 6.45) is 0.985. The summed E-state index contributed by atoms with van der Waals surface area (Å²) in [6.45, 7) is 2.42. The standard InChI is InChI=1S/C12H25N3O3S/c1-14(2)8-7-13-6-4-12(16)15(3)11-5-9-19(17,18)10-11/h11,13H,4-10H2,1-3H3. The smallest absolute Gasteiger partial charge is 0.223 e. The second-order valence-electron chi connectivity index (χ2n) is 5.36. The van der Waals surface area contributed by atoms with E-state index in [4.69, 9.17) is 0 Å². The van der Waals surface area contributed by atoms with Gasteiger partial charge in [0.05, 0.1) is 11.5 Å². The first-order valence-electron chi connectivity index (χ1n) is 6.63. The van der Waals surface area contributed by atoms with Crippen molar-refractivity contribution in [2.75, 3.05) is 52.3 Å². The SMILES string of the molecule is CN(C)CCNCCC(=O)N(C)C1CCS(=O)(=O)C1. The third kappa shape index (κ3) is 5.88. The first-order valence-corrected chi connectivity index (χ1v) is 8.45. The molecule has 7 heteroatoms. The lowest BCUT2D eigenvalue weighted by Gasteiger charge is -2.23. The van der Waals surface area contributed by atoms with Crippen molar-refractivity contribution in [3.63, 3.8) is 0 Å². The molecular formula is C12H25N3O3S. The van der Waals surface area contributed by atoms with E-state index >= 15 is 0 Å². The van der Waals surface area contributed by atoms with Gasteiger partial charge in [-0.1, -0.05) is 0 Å². The minimum atomic E-state index is -2.93. The Morgan fingerprint density at radius 3 is 2.47 bits per heavy atom. The van der Waals surface area contributed by atoms with Gasteiger partial charge in [0, 0.05) is 39.1 Å². The van der Waals surface area contributed by atoms with Gasteiger partial charge >= 0.3 is 0 Å². The Morgan fingerprint density at radius 1 is 1.26 bits per heavy atom. The number of hydrogen-bond acceptors (Lipinski definition) is 5. The largest absolute Gasteiger partial charge is 0.342 e. The summed E-state index contributed by atoms with van der Waals surface area (Å²) >= 11 is 0. The number of nitrogens with one attached hydrogen (secondary N) is 1. The van der Waals surface area contributed by atoms with Crippen LogP contribution in [0, 0.1) is 0 Å². The van der Waals surface area contributed by atoms with E-state index in [2.05, 4.69) is 10.2 Å². The molecule has 0 bridgehead atoms. The van der Waals surface area contributed by atoms with E-state index < -0.39 is 9.84 Å². The maximum atomic E-state index is 11.9. The molecule has 0 aromatic rings. The summed E-state index contributed by atoms with van der Waals surface area (Å²) < 4.78 is 22.8. The van der Waals surface area contributed by atoms with Crippen LogP contribution in [-0.4, -0.2) is 82.4 Å². The molecule has 0 aliphatic carbocycles. The zero-order valence-electron chi connectivity index (χ0n) is 12.1. The molecule has 1 aliphatic rings. The number of sulfone groups is 1. The molecule has 1 saturated heterocycles. The van der Waals surface area contributed by atoms with E-state index in [-0.39, 0.29) is 23.5 Å². The molecule has 1 N–H and O–H groups in total. The molecule has 1 aliphatic heterocycles. The normalized spacial score (nSPS) is 21.8. The summed E-state index contributed by atoms with van der Waals surface area (Å²) in [5.41, 5.74) is 0. The van der Waals surface area contributed by atoms with Gasteiger partial charge < -0.3 is 15.1 Å². The van der Waals surface area contributed by atoms with Gasteiger partial charge in [0.15, 0.2) is 9.84 Å². The van der Waals surface area contributed by atoms with Crippen molar-refractivity contribution in [3.05, 3.63) is 0 Å². The van der Waals surface area contributed by atoms with E-state index in [9.17, 15) is 13.2 Å². The lowest BCUT2D eigenvalue weighted by Crippen LogP contribution is -2.39. The second-order valence-corrected chi connectivity index (χ2v) is 7.59. The Morgan fingerprint density at radius 2 is 1.95 bits per heavy atom. The molecule has 1 rings (SSSR count). The van der Waals surface area contributed by atoms with E-state index in [0.29, 0.717) is 19.4 Å². The first-order chi connectivity index (χ1) is 8.82. The molecule has 112 valence electrons. The molecular weight excluding hydrogens is 266 g/mol. The van der Waals surface area contributed by atoms with Gasteiger partial charge in [-0.2, -0.15) is 0 Å². The molecule has 6 nitrogen and oxygen atoms in total. The molecule has 0 aromatic carbocycles. The fraction of sp³-hybridized carbons (Fsp3) is 0.917. The molecule has 0 radical (unpaired) electrons. The second kappa shape index (κ2) is 7.21. The maximum absolute atomic E-state index is 11.9. The third-order valence-electron chi connectivity index (χ3n) is 3.40. The number of nitrogens with zero attached hydrogens (tertiary/aromatic N) is 2. The van der Waals surface area contributed by atoms with Gasteiger partial charge in [-0.05, 0) is 20.5 Å². The number of amides is 1. The Labute approximate surface area is 116 Å². The highest BCUT2D eigenvalue weighted by molar-refractivity contribution is 7.91. The van der Waals surface area contributed by atoms with E-state index in [0.717, 1.165) is 13.1 Å². The monoisotopic (exact) mass is 291 g/mol. The number of carbonyl (C=O) groups excluding carboxylic acids is 1. The van der Waals surface area contributed by atoms with Crippen LogP contribution in [0.2, 0.25) is 0 Å². The third-order valence-corrected chi connectivity index (χ3v) is 5.15. The van der Waals surface area contributed by atoms with E-state index in [1.54, 1.807) is 11.9 Å². The highest BCUT2D eigenvalue weighted by atomic mass is 32.2. The summed E-state index contributed by atoms with van der Waals surface area (Å²) in [5.74, 6) is 0.332. The predicted octanol–water partition coefficient (Wildman–Crippen LogP) is -0.827. The lowest BCUT2D eigenvalue weighted by molar-refractivity contribution is -0.131. The van der Waals surface area contributed by atoms with Crippen LogP contribution in [-0.2, 0) is 14.6 Å². The first kappa shape index (κ1) is 16.4.